The fraction of sp³-hybridized carbons (Fsp3) is 0.238. The number of nitrogens with zero attached hydrogens (tertiary/aromatic N) is 1. The Morgan fingerprint density at radius 3 is 2.52 bits per heavy atom. The normalized spacial score (nSPS) is 12.3. The molecule has 4 N–H and O–H groups in total. The molecule has 0 saturated carbocycles. The molecule has 0 fully saturated rings. The molecule has 0 aliphatic heterocycles. The minimum absolute atomic E-state index is 0.105. The highest BCUT2D eigenvalue weighted by molar-refractivity contribution is 7.87. The molecule has 0 aliphatic carbocycles. The summed E-state index contributed by atoms with van der Waals surface area (Å²) in [5.41, 5.74) is 2.74. The molecule has 3 aromatic rings. The largest absolute Gasteiger partial charge is 0.508 e. The molecule has 1 unspecified atom stereocenters. The lowest BCUT2D eigenvalue weighted by Crippen LogP contribution is -2.31. The maximum absolute atomic E-state index is 12.7. The zero-order chi connectivity index (χ0) is 22.4. The van der Waals surface area contributed by atoms with Crippen LogP contribution in [0.1, 0.15) is 34.8 Å². The Morgan fingerprint density at radius 1 is 1.16 bits per heavy atom. The molecule has 0 aliphatic rings. The lowest BCUT2D eigenvalue weighted by Gasteiger charge is -2.17. The lowest BCUT2D eigenvalue weighted by molar-refractivity contribution is -0.121. The summed E-state index contributed by atoms with van der Waals surface area (Å²) >= 11 is 1.47. The highest BCUT2D eigenvalue weighted by atomic mass is 32.2. The van der Waals surface area contributed by atoms with Crippen LogP contribution < -0.4 is 10.0 Å². The van der Waals surface area contributed by atoms with Gasteiger partial charge in [0.2, 0.25) is 5.91 Å². The van der Waals surface area contributed by atoms with Gasteiger partial charge >= 0.3 is 10.3 Å². The van der Waals surface area contributed by atoms with Crippen molar-refractivity contribution in [3.8, 4) is 5.75 Å². The summed E-state index contributed by atoms with van der Waals surface area (Å²) < 4.78 is 32.8. The van der Waals surface area contributed by atoms with E-state index in [1.165, 1.54) is 23.5 Å². The van der Waals surface area contributed by atoms with Gasteiger partial charge in [-0.3, -0.25) is 14.1 Å². The maximum atomic E-state index is 12.7. The van der Waals surface area contributed by atoms with Crippen LogP contribution in [0.3, 0.4) is 0 Å². The molecule has 1 amide bonds. The maximum Gasteiger partial charge on any atom is 0.357 e. The Bertz CT molecular complexity index is 1140. The molecule has 1 atom stereocenters. The third-order valence-corrected chi connectivity index (χ3v) is 5.98. The van der Waals surface area contributed by atoms with Crippen molar-refractivity contribution in [3.63, 3.8) is 0 Å². The predicted octanol–water partition coefficient (Wildman–Crippen LogP) is 3.27. The summed E-state index contributed by atoms with van der Waals surface area (Å²) in [5, 5.41) is 15.4. The molecular formula is C21H23N3O5S2. The number of benzene rings is 2. The van der Waals surface area contributed by atoms with Crippen molar-refractivity contribution in [1.82, 2.24) is 10.3 Å². The average Bonchev–Trinajstić information content (AvgIpc) is 3.17. The van der Waals surface area contributed by atoms with Gasteiger partial charge < -0.3 is 10.4 Å². The third kappa shape index (κ3) is 7.06. The number of amides is 1. The van der Waals surface area contributed by atoms with Gasteiger partial charge in [0.1, 0.15) is 10.8 Å². The van der Waals surface area contributed by atoms with E-state index < -0.39 is 10.3 Å². The minimum atomic E-state index is -4.34. The number of rotatable bonds is 9. The molecule has 1 heterocycles. The van der Waals surface area contributed by atoms with Crippen molar-refractivity contribution in [2.24, 2.45) is 0 Å². The molecular weight excluding hydrogens is 438 g/mol. The van der Waals surface area contributed by atoms with Gasteiger partial charge in [0.05, 0.1) is 23.8 Å². The molecule has 164 valence electrons. The highest BCUT2D eigenvalue weighted by Gasteiger charge is 2.19. The van der Waals surface area contributed by atoms with Crippen LogP contribution >= 0.6 is 11.3 Å². The van der Waals surface area contributed by atoms with Gasteiger partial charge in [-0.1, -0.05) is 31.2 Å². The van der Waals surface area contributed by atoms with E-state index in [4.69, 9.17) is 4.55 Å². The number of nitrogens with one attached hydrogen (secondary N) is 2. The van der Waals surface area contributed by atoms with E-state index in [0.29, 0.717) is 12.0 Å². The highest BCUT2D eigenvalue weighted by Crippen LogP contribution is 2.24. The molecule has 3 rings (SSSR count). The van der Waals surface area contributed by atoms with E-state index in [1.807, 2.05) is 17.0 Å². The standard InChI is InChI=1S/C21H23N3O5S2/c1-2-16-13-30-21(22-16)19(23-20(26)12-15-4-3-5-18(25)10-15)11-14-6-8-17(9-7-14)24-31(27,28)29/h3-10,13,19,24-25H,2,11-12H2,1H3,(H,23,26)(H,27,28,29). The topological polar surface area (TPSA) is 129 Å². The van der Waals surface area contributed by atoms with Crippen molar-refractivity contribution in [3.05, 3.63) is 75.7 Å². The Morgan fingerprint density at radius 2 is 1.90 bits per heavy atom. The van der Waals surface area contributed by atoms with Crippen molar-refractivity contribution < 1.29 is 22.9 Å². The SMILES string of the molecule is CCc1csc(C(Cc2ccc(NS(=O)(=O)O)cc2)NC(=O)Cc2cccc(O)c2)n1. The quantitative estimate of drug-likeness (QED) is 0.362. The van der Waals surface area contributed by atoms with Crippen molar-refractivity contribution in [1.29, 1.82) is 0 Å². The monoisotopic (exact) mass is 461 g/mol. The van der Waals surface area contributed by atoms with Crippen LogP contribution in [0.25, 0.3) is 0 Å². The fourth-order valence-corrected chi connectivity index (χ4v) is 4.42. The van der Waals surface area contributed by atoms with Gasteiger partial charge in [0, 0.05) is 5.38 Å². The summed E-state index contributed by atoms with van der Waals surface area (Å²) in [5.74, 6) is -0.0959. The molecule has 0 saturated heterocycles. The van der Waals surface area contributed by atoms with Crippen LogP contribution in [0.2, 0.25) is 0 Å². The van der Waals surface area contributed by atoms with Crippen molar-refractivity contribution >= 4 is 33.2 Å². The van der Waals surface area contributed by atoms with Gasteiger partial charge in [-0.25, -0.2) is 4.98 Å². The predicted molar refractivity (Wildman–Crippen MR) is 120 cm³/mol. The van der Waals surface area contributed by atoms with E-state index in [2.05, 4.69) is 10.3 Å². The van der Waals surface area contributed by atoms with Crippen molar-refractivity contribution in [2.45, 2.75) is 32.2 Å². The van der Waals surface area contributed by atoms with E-state index in [-0.39, 0.29) is 29.8 Å². The number of anilines is 1. The number of hydrogen-bond acceptors (Lipinski definition) is 6. The first-order valence-corrected chi connectivity index (χ1v) is 11.9. The number of phenols is 1. The molecule has 0 bridgehead atoms. The first-order valence-electron chi connectivity index (χ1n) is 9.57. The second kappa shape index (κ2) is 9.90. The first-order chi connectivity index (χ1) is 14.7. The first kappa shape index (κ1) is 22.7. The van der Waals surface area contributed by atoms with Crippen LogP contribution in [-0.4, -0.2) is 29.0 Å². The molecule has 10 heteroatoms. The number of carbonyl (C=O) groups excluding carboxylic acids is 1. The van der Waals surface area contributed by atoms with Gasteiger partial charge in [-0.2, -0.15) is 8.42 Å². The number of thiazole rings is 1. The fourth-order valence-electron chi connectivity index (χ4n) is 3.04. The summed E-state index contributed by atoms with van der Waals surface area (Å²) in [6, 6.07) is 12.7. The second-order valence-corrected chi connectivity index (χ2v) is 9.02. The second-order valence-electron chi connectivity index (χ2n) is 6.98. The summed E-state index contributed by atoms with van der Waals surface area (Å²) in [6.45, 7) is 2.01. The van der Waals surface area contributed by atoms with E-state index >= 15 is 0 Å². The zero-order valence-corrected chi connectivity index (χ0v) is 18.4. The van der Waals surface area contributed by atoms with E-state index in [9.17, 15) is 18.3 Å². The summed E-state index contributed by atoms with van der Waals surface area (Å²) in [6.07, 6.45) is 1.36. The van der Waals surface area contributed by atoms with Crippen molar-refractivity contribution in [2.75, 3.05) is 4.72 Å². The number of aromatic nitrogens is 1. The Hall–Kier alpha value is -2.95. The Kier molecular flexibility index (Phi) is 7.26. The van der Waals surface area contributed by atoms with Crippen LogP contribution in [-0.2, 0) is 34.4 Å². The lowest BCUT2D eigenvalue weighted by atomic mass is 10.0. The number of hydrogen-bond donors (Lipinski definition) is 4. The zero-order valence-electron chi connectivity index (χ0n) is 16.8. The molecule has 1 aromatic heterocycles. The number of aryl methyl sites for hydroxylation is 1. The smallest absolute Gasteiger partial charge is 0.357 e. The number of aromatic hydroxyl groups is 1. The van der Waals surface area contributed by atoms with E-state index in [0.717, 1.165) is 22.7 Å². The molecule has 2 aromatic carbocycles. The average molecular weight is 462 g/mol. The summed E-state index contributed by atoms with van der Waals surface area (Å²) in [4.78, 5) is 17.3. The van der Waals surface area contributed by atoms with Crippen LogP contribution in [0.15, 0.2) is 53.9 Å². The Labute approximate surface area is 184 Å². The van der Waals surface area contributed by atoms with Gasteiger partial charge in [-0.05, 0) is 48.2 Å². The van der Waals surface area contributed by atoms with Crippen LogP contribution in [0.4, 0.5) is 5.69 Å². The van der Waals surface area contributed by atoms with Crippen LogP contribution in [0.5, 0.6) is 5.75 Å². The molecule has 0 radical (unpaired) electrons. The Balaban J connectivity index is 1.75. The summed E-state index contributed by atoms with van der Waals surface area (Å²) in [7, 11) is -4.34. The van der Waals surface area contributed by atoms with Gasteiger partial charge in [-0.15, -0.1) is 11.3 Å². The van der Waals surface area contributed by atoms with Crippen LogP contribution in [0, 0.1) is 0 Å². The van der Waals surface area contributed by atoms with E-state index in [1.54, 1.807) is 36.4 Å². The molecule has 0 spiro atoms. The minimum Gasteiger partial charge on any atom is -0.508 e. The van der Waals surface area contributed by atoms with Gasteiger partial charge in [0.25, 0.3) is 0 Å². The van der Waals surface area contributed by atoms with Gasteiger partial charge in [0.15, 0.2) is 0 Å². The molecule has 8 nitrogen and oxygen atoms in total. The number of phenolic OH excluding ortho intramolecular Hbond substituents is 1. The number of carbonyl (C=O) groups is 1. The molecule has 31 heavy (non-hydrogen) atoms. The third-order valence-electron chi connectivity index (χ3n) is 4.48.